The maximum absolute atomic E-state index is 13.1. The van der Waals surface area contributed by atoms with Crippen LogP contribution in [0.15, 0.2) is 83.9 Å². The SMILES string of the molecule is O=C(O)COc1ccc2c(ccn2S(=O)(=O)c2ccc(Oc3ccc(C(F)(F)F)cc3)cc2)c1. The fourth-order valence-electron chi connectivity index (χ4n) is 3.18. The summed E-state index contributed by atoms with van der Waals surface area (Å²) in [5, 5.41) is 9.24. The number of aromatic nitrogens is 1. The van der Waals surface area contributed by atoms with Crippen molar-refractivity contribution in [1.29, 1.82) is 0 Å². The first-order valence-corrected chi connectivity index (χ1v) is 11.1. The van der Waals surface area contributed by atoms with Gasteiger partial charge >= 0.3 is 12.1 Å². The van der Waals surface area contributed by atoms with Crippen LogP contribution in [0.1, 0.15) is 5.56 Å². The zero-order valence-electron chi connectivity index (χ0n) is 17.2. The van der Waals surface area contributed by atoms with Crippen molar-refractivity contribution in [3.63, 3.8) is 0 Å². The first-order chi connectivity index (χ1) is 16.0. The van der Waals surface area contributed by atoms with Crippen LogP contribution in [-0.4, -0.2) is 30.1 Å². The van der Waals surface area contributed by atoms with Crippen LogP contribution in [0.5, 0.6) is 17.2 Å². The summed E-state index contributed by atoms with van der Waals surface area (Å²) in [5.74, 6) is -0.432. The summed E-state index contributed by atoms with van der Waals surface area (Å²) in [5.41, 5.74) is -0.437. The number of aliphatic carboxylic acids is 1. The molecule has 4 rings (SSSR count). The van der Waals surface area contributed by atoms with E-state index in [0.717, 1.165) is 16.1 Å². The van der Waals surface area contributed by atoms with Crippen LogP contribution in [0.2, 0.25) is 0 Å². The fraction of sp³-hybridized carbons (Fsp3) is 0.0870. The molecule has 0 spiro atoms. The Morgan fingerprint density at radius 1 is 0.882 bits per heavy atom. The molecule has 176 valence electrons. The van der Waals surface area contributed by atoms with Gasteiger partial charge in [0.2, 0.25) is 0 Å². The molecule has 11 heteroatoms. The summed E-state index contributed by atoms with van der Waals surface area (Å²) in [6.45, 7) is -0.522. The van der Waals surface area contributed by atoms with E-state index in [-0.39, 0.29) is 22.1 Å². The molecule has 0 aliphatic carbocycles. The molecule has 0 fully saturated rings. The van der Waals surface area contributed by atoms with Crippen LogP contribution in [0, 0.1) is 0 Å². The molecular formula is C23H16F3NO6S. The molecule has 0 radical (unpaired) electrons. The van der Waals surface area contributed by atoms with Crippen molar-refractivity contribution in [3.05, 3.63) is 84.6 Å². The van der Waals surface area contributed by atoms with E-state index in [2.05, 4.69) is 0 Å². The summed E-state index contributed by atoms with van der Waals surface area (Å²) in [6, 6.07) is 15.6. The van der Waals surface area contributed by atoms with Crippen molar-refractivity contribution in [1.82, 2.24) is 3.97 Å². The second-order valence-electron chi connectivity index (χ2n) is 7.12. The van der Waals surface area contributed by atoms with E-state index in [9.17, 15) is 26.4 Å². The number of nitrogens with zero attached hydrogens (tertiary/aromatic N) is 1. The maximum Gasteiger partial charge on any atom is 0.416 e. The number of hydrogen-bond acceptors (Lipinski definition) is 5. The Kier molecular flexibility index (Phi) is 5.96. The second kappa shape index (κ2) is 8.75. The van der Waals surface area contributed by atoms with Gasteiger partial charge < -0.3 is 14.6 Å². The number of halogens is 3. The number of rotatable bonds is 7. The molecule has 1 heterocycles. The zero-order chi connectivity index (χ0) is 24.5. The van der Waals surface area contributed by atoms with Gasteiger partial charge in [0.15, 0.2) is 6.61 Å². The van der Waals surface area contributed by atoms with Gasteiger partial charge in [0.25, 0.3) is 10.0 Å². The Bertz CT molecular complexity index is 1440. The lowest BCUT2D eigenvalue weighted by Crippen LogP contribution is -2.12. The molecule has 0 saturated heterocycles. The normalized spacial score (nSPS) is 12.0. The summed E-state index contributed by atoms with van der Waals surface area (Å²) in [7, 11) is -3.97. The highest BCUT2D eigenvalue weighted by Crippen LogP contribution is 2.32. The molecule has 0 saturated carbocycles. The van der Waals surface area contributed by atoms with Gasteiger partial charge in [-0.15, -0.1) is 0 Å². The average Bonchev–Trinajstić information content (AvgIpc) is 3.22. The Morgan fingerprint density at radius 3 is 2.06 bits per heavy atom. The van der Waals surface area contributed by atoms with Crippen LogP contribution < -0.4 is 9.47 Å². The number of carboxylic acids is 1. The van der Waals surface area contributed by atoms with Gasteiger partial charge in [-0.2, -0.15) is 13.2 Å². The smallest absolute Gasteiger partial charge is 0.416 e. The van der Waals surface area contributed by atoms with Crippen LogP contribution in [0.25, 0.3) is 10.9 Å². The molecule has 0 aliphatic heterocycles. The summed E-state index contributed by atoms with van der Waals surface area (Å²) < 4.78 is 75.9. The number of fused-ring (bicyclic) bond motifs is 1. The Morgan fingerprint density at radius 2 is 1.47 bits per heavy atom. The predicted octanol–water partition coefficient (Wildman–Crippen LogP) is 5.15. The fourth-order valence-corrected chi connectivity index (χ4v) is 4.53. The molecule has 0 unspecified atom stereocenters. The van der Waals surface area contributed by atoms with E-state index in [1.807, 2.05) is 0 Å². The molecule has 0 aliphatic rings. The molecule has 0 atom stereocenters. The minimum atomic E-state index is -4.45. The third-order valence-electron chi connectivity index (χ3n) is 4.79. The van der Waals surface area contributed by atoms with Crippen LogP contribution in [0.4, 0.5) is 13.2 Å². The van der Waals surface area contributed by atoms with Crippen molar-refractivity contribution in [2.75, 3.05) is 6.61 Å². The van der Waals surface area contributed by atoms with Gasteiger partial charge in [-0.25, -0.2) is 17.2 Å². The van der Waals surface area contributed by atoms with Crippen LogP contribution in [-0.2, 0) is 21.0 Å². The molecule has 1 N–H and O–H groups in total. The summed E-state index contributed by atoms with van der Waals surface area (Å²) in [4.78, 5) is 10.6. The first-order valence-electron chi connectivity index (χ1n) is 9.70. The highest BCUT2D eigenvalue weighted by atomic mass is 32.2. The van der Waals surface area contributed by atoms with Crippen molar-refractivity contribution >= 4 is 26.9 Å². The Hall–Kier alpha value is -3.99. The largest absolute Gasteiger partial charge is 0.482 e. The van der Waals surface area contributed by atoms with E-state index in [0.29, 0.717) is 10.9 Å². The summed E-state index contributed by atoms with van der Waals surface area (Å²) in [6.07, 6.45) is -3.09. The lowest BCUT2D eigenvalue weighted by Gasteiger charge is -2.11. The molecule has 0 amide bonds. The molecule has 0 bridgehead atoms. The predicted molar refractivity (Wildman–Crippen MR) is 116 cm³/mol. The minimum Gasteiger partial charge on any atom is -0.482 e. The van der Waals surface area contributed by atoms with Crippen molar-refractivity contribution in [3.8, 4) is 17.2 Å². The molecule has 7 nitrogen and oxygen atoms in total. The van der Waals surface area contributed by atoms with E-state index in [1.54, 1.807) is 6.07 Å². The standard InChI is InChI=1S/C23H16F3NO6S/c24-23(25,26)16-1-3-17(4-2-16)33-18-5-8-20(9-6-18)34(30,31)27-12-11-15-13-19(7-10-21(15)27)32-14-22(28)29/h1-13H,14H2,(H,28,29). The van der Waals surface area contributed by atoms with Gasteiger partial charge in [-0.3, -0.25) is 0 Å². The van der Waals surface area contributed by atoms with Gasteiger partial charge in [-0.1, -0.05) is 0 Å². The zero-order valence-corrected chi connectivity index (χ0v) is 18.0. The Balaban J connectivity index is 1.54. The quantitative estimate of drug-likeness (QED) is 0.384. The number of alkyl halides is 3. The molecule has 4 aromatic rings. The highest BCUT2D eigenvalue weighted by Gasteiger charge is 2.30. The van der Waals surface area contributed by atoms with Crippen molar-refractivity contribution in [2.45, 2.75) is 11.1 Å². The van der Waals surface area contributed by atoms with E-state index in [1.165, 1.54) is 60.8 Å². The third-order valence-corrected chi connectivity index (χ3v) is 6.49. The molecule has 34 heavy (non-hydrogen) atoms. The van der Waals surface area contributed by atoms with E-state index >= 15 is 0 Å². The topological polar surface area (TPSA) is 94.8 Å². The monoisotopic (exact) mass is 491 g/mol. The number of ether oxygens (including phenoxy) is 2. The minimum absolute atomic E-state index is 0.0315. The van der Waals surface area contributed by atoms with E-state index < -0.39 is 34.3 Å². The molecule has 1 aromatic heterocycles. The number of carboxylic acid groups (broad SMARTS) is 1. The number of benzene rings is 3. The van der Waals surface area contributed by atoms with Gasteiger partial charge in [0.1, 0.15) is 17.2 Å². The maximum atomic E-state index is 13.1. The van der Waals surface area contributed by atoms with Crippen molar-refractivity contribution < 1.29 is 41.0 Å². The number of carbonyl (C=O) groups is 1. The lowest BCUT2D eigenvalue weighted by atomic mass is 10.2. The van der Waals surface area contributed by atoms with Crippen LogP contribution >= 0.6 is 0 Å². The number of hydrogen-bond donors (Lipinski definition) is 1. The Labute approximate surface area is 191 Å². The van der Waals surface area contributed by atoms with E-state index in [4.69, 9.17) is 14.6 Å². The van der Waals surface area contributed by atoms with Crippen molar-refractivity contribution in [2.24, 2.45) is 0 Å². The van der Waals surface area contributed by atoms with Gasteiger partial charge in [-0.05, 0) is 72.8 Å². The van der Waals surface area contributed by atoms with Gasteiger partial charge in [0.05, 0.1) is 16.0 Å². The third kappa shape index (κ3) is 4.84. The first kappa shape index (κ1) is 23.2. The second-order valence-corrected chi connectivity index (χ2v) is 8.93. The molecular weight excluding hydrogens is 475 g/mol. The molecule has 3 aromatic carbocycles. The van der Waals surface area contributed by atoms with Gasteiger partial charge in [0, 0.05) is 11.6 Å². The summed E-state index contributed by atoms with van der Waals surface area (Å²) >= 11 is 0. The van der Waals surface area contributed by atoms with Crippen LogP contribution in [0.3, 0.4) is 0 Å². The highest BCUT2D eigenvalue weighted by molar-refractivity contribution is 7.90. The lowest BCUT2D eigenvalue weighted by molar-refractivity contribution is -0.139. The average molecular weight is 491 g/mol.